The molecule has 0 amide bonds. The minimum Gasteiger partial charge on any atom is -0.461 e. The van der Waals surface area contributed by atoms with Gasteiger partial charge in [-0.1, -0.05) is 18.2 Å². The molecule has 3 rings (SSSR count). The number of nitrogens with zero attached hydrogens (tertiary/aromatic N) is 3. The average molecular weight is 309 g/mol. The number of aromatic nitrogens is 2. The van der Waals surface area contributed by atoms with Gasteiger partial charge in [0.05, 0.1) is 25.6 Å². The molecule has 23 heavy (non-hydrogen) atoms. The Hall–Kier alpha value is -3.07. The highest BCUT2D eigenvalue weighted by Gasteiger charge is 2.19. The van der Waals surface area contributed by atoms with Crippen molar-refractivity contribution in [1.82, 2.24) is 9.78 Å². The third-order valence-electron chi connectivity index (χ3n) is 3.38. The Morgan fingerprint density at radius 2 is 2.22 bits per heavy atom. The number of hydrogen-bond donors (Lipinski definition) is 0. The van der Waals surface area contributed by atoms with Crippen molar-refractivity contribution in [3.8, 4) is 17.5 Å². The summed E-state index contributed by atoms with van der Waals surface area (Å²) in [4.78, 5) is 12.0. The van der Waals surface area contributed by atoms with Gasteiger partial charge in [-0.2, -0.15) is 10.4 Å². The Kier molecular flexibility index (Phi) is 4.11. The topological polar surface area (TPSA) is 81.0 Å². The van der Waals surface area contributed by atoms with E-state index in [9.17, 15) is 4.79 Å². The minimum absolute atomic E-state index is 0.258. The predicted octanol–water partition coefficient (Wildman–Crippen LogP) is 3.39. The van der Waals surface area contributed by atoms with Crippen LogP contribution >= 0.6 is 0 Å². The largest absolute Gasteiger partial charge is 0.461 e. The number of benzene rings is 1. The van der Waals surface area contributed by atoms with Crippen LogP contribution in [0.25, 0.3) is 22.4 Å². The lowest BCUT2D eigenvalue weighted by atomic mass is 10.2. The summed E-state index contributed by atoms with van der Waals surface area (Å²) in [6.45, 7) is 2.35. The zero-order valence-electron chi connectivity index (χ0n) is 12.7. The first-order chi connectivity index (χ1) is 11.2. The van der Waals surface area contributed by atoms with Crippen LogP contribution in [-0.2, 0) is 11.3 Å². The highest BCUT2D eigenvalue weighted by atomic mass is 16.5. The van der Waals surface area contributed by atoms with E-state index < -0.39 is 5.97 Å². The zero-order chi connectivity index (χ0) is 16.2. The van der Waals surface area contributed by atoms with Gasteiger partial charge in [-0.25, -0.2) is 4.79 Å². The minimum atomic E-state index is -0.458. The Morgan fingerprint density at radius 1 is 1.39 bits per heavy atom. The summed E-state index contributed by atoms with van der Waals surface area (Å²) in [5.41, 5.74) is 1.62. The molecule has 116 valence electrons. The molecular formula is C17H15N3O3. The lowest BCUT2D eigenvalue weighted by Gasteiger charge is -2.03. The molecule has 3 aromatic rings. The molecule has 2 aromatic heterocycles. The number of rotatable bonds is 5. The third kappa shape index (κ3) is 2.94. The van der Waals surface area contributed by atoms with Crippen LogP contribution < -0.4 is 0 Å². The summed E-state index contributed by atoms with van der Waals surface area (Å²) < 4.78 is 12.3. The summed E-state index contributed by atoms with van der Waals surface area (Å²) in [5.74, 6) is 0.118. The predicted molar refractivity (Wildman–Crippen MR) is 83.6 cm³/mol. The molecular weight excluding hydrogens is 294 g/mol. The van der Waals surface area contributed by atoms with Crippen molar-refractivity contribution < 1.29 is 13.9 Å². The van der Waals surface area contributed by atoms with Gasteiger partial charge >= 0.3 is 5.97 Å². The first-order valence-corrected chi connectivity index (χ1v) is 7.33. The second-order valence-corrected chi connectivity index (χ2v) is 4.92. The Morgan fingerprint density at radius 3 is 2.96 bits per heavy atom. The van der Waals surface area contributed by atoms with Crippen LogP contribution in [0, 0.1) is 11.3 Å². The summed E-state index contributed by atoms with van der Waals surface area (Å²) in [7, 11) is 0. The molecule has 0 radical (unpaired) electrons. The fourth-order valence-corrected chi connectivity index (χ4v) is 2.34. The van der Waals surface area contributed by atoms with Crippen LogP contribution in [0.15, 0.2) is 40.8 Å². The molecule has 0 aliphatic heterocycles. The monoisotopic (exact) mass is 309 g/mol. The fraction of sp³-hybridized carbons (Fsp3) is 0.235. The molecule has 1 aromatic carbocycles. The van der Waals surface area contributed by atoms with E-state index in [1.165, 1.54) is 4.68 Å². The molecule has 0 atom stereocenters. The zero-order valence-corrected chi connectivity index (χ0v) is 12.7. The number of fused-ring (bicyclic) bond motifs is 1. The number of hydrogen-bond acceptors (Lipinski definition) is 5. The molecule has 0 saturated heterocycles. The summed E-state index contributed by atoms with van der Waals surface area (Å²) >= 11 is 0. The van der Waals surface area contributed by atoms with E-state index in [0.29, 0.717) is 23.7 Å². The Bertz CT molecular complexity index is 853. The van der Waals surface area contributed by atoms with E-state index >= 15 is 0 Å². The Balaban J connectivity index is 2.01. The second-order valence-electron chi connectivity index (χ2n) is 4.92. The van der Waals surface area contributed by atoms with Gasteiger partial charge in [-0.15, -0.1) is 0 Å². The molecule has 0 fully saturated rings. The number of ether oxygens (including phenoxy) is 1. The van der Waals surface area contributed by atoms with Gasteiger partial charge in [-0.05, 0) is 19.1 Å². The maximum absolute atomic E-state index is 12.0. The first-order valence-electron chi connectivity index (χ1n) is 7.33. The molecule has 0 unspecified atom stereocenters. The quantitative estimate of drug-likeness (QED) is 0.675. The van der Waals surface area contributed by atoms with Crippen LogP contribution in [0.3, 0.4) is 0 Å². The smallest absolute Gasteiger partial charge is 0.356 e. The van der Waals surface area contributed by atoms with Gasteiger partial charge < -0.3 is 9.15 Å². The highest BCUT2D eigenvalue weighted by molar-refractivity contribution is 5.89. The van der Waals surface area contributed by atoms with E-state index in [1.807, 2.05) is 36.4 Å². The second kappa shape index (κ2) is 6.36. The number of aryl methyl sites for hydroxylation is 1. The molecule has 0 spiro atoms. The van der Waals surface area contributed by atoms with E-state index in [2.05, 4.69) is 5.10 Å². The van der Waals surface area contributed by atoms with Crippen LogP contribution in [0.5, 0.6) is 0 Å². The molecule has 6 nitrogen and oxygen atoms in total. The number of para-hydroxylation sites is 1. The van der Waals surface area contributed by atoms with Crippen molar-refractivity contribution in [1.29, 1.82) is 5.26 Å². The van der Waals surface area contributed by atoms with Gasteiger partial charge in [0.1, 0.15) is 17.0 Å². The SMILES string of the molecule is CCOC(=O)c1cc(-c2cc3ccccc3o2)nn1CCC#N. The molecule has 6 heteroatoms. The number of carbonyl (C=O) groups is 1. The molecule has 0 bridgehead atoms. The van der Waals surface area contributed by atoms with Gasteiger partial charge in [0.2, 0.25) is 0 Å². The van der Waals surface area contributed by atoms with Crippen LogP contribution in [0.4, 0.5) is 0 Å². The average Bonchev–Trinajstić information content (AvgIpc) is 3.16. The van der Waals surface area contributed by atoms with Crippen molar-refractivity contribution in [3.05, 3.63) is 42.1 Å². The molecule has 0 N–H and O–H groups in total. The van der Waals surface area contributed by atoms with Crippen molar-refractivity contribution in [2.24, 2.45) is 0 Å². The van der Waals surface area contributed by atoms with Gasteiger partial charge in [0, 0.05) is 11.5 Å². The van der Waals surface area contributed by atoms with Crippen LogP contribution in [0.2, 0.25) is 0 Å². The van der Waals surface area contributed by atoms with E-state index in [0.717, 1.165) is 11.0 Å². The van der Waals surface area contributed by atoms with Crippen LogP contribution in [0.1, 0.15) is 23.8 Å². The normalized spacial score (nSPS) is 10.6. The number of carbonyl (C=O) groups excluding carboxylic acids is 1. The lowest BCUT2D eigenvalue weighted by Crippen LogP contribution is -2.13. The molecule has 2 heterocycles. The maximum Gasteiger partial charge on any atom is 0.356 e. The number of nitriles is 1. The van der Waals surface area contributed by atoms with E-state index in [4.69, 9.17) is 14.4 Å². The van der Waals surface area contributed by atoms with Crippen molar-refractivity contribution in [3.63, 3.8) is 0 Å². The van der Waals surface area contributed by atoms with E-state index in [1.54, 1.807) is 13.0 Å². The van der Waals surface area contributed by atoms with Crippen molar-refractivity contribution in [2.75, 3.05) is 6.61 Å². The summed E-state index contributed by atoms with van der Waals surface area (Å²) in [6.07, 6.45) is 0.258. The third-order valence-corrected chi connectivity index (χ3v) is 3.38. The molecule has 0 aliphatic rings. The standard InChI is InChI=1S/C17H15N3O3/c1-2-22-17(21)14-11-13(19-20(14)9-5-8-18)16-10-12-6-3-4-7-15(12)23-16/h3-4,6-7,10-11H,2,5,9H2,1H3. The van der Waals surface area contributed by atoms with Crippen molar-refractivity contribution in [2.45, 2.75) is 19.9 Å². The molecule has 0 saturated carbocycles. The first kappa shape index (κ1) is 14.9. The van der Waals surface area contributed by atoms with Gasteiger partial charge in [0.25, 0.3) is 0 Å². The number of esters is 1. The highest BCUT2D eigenvalue weighted by Crippen LogP contribution is 2.27. The lowest BCUT2D eigenvalue weighted by molar-refractivity contribution is 0.0512. The van der Waals surface area contributed by atoms with Gasteiger partial charge in [0.15, 0.2) is 5.76 Å². The summed E-state index contributed by atoms with van der Waals surface area (Å²) in [5, 5.41) is 14.1. The Labute approximate surface area is 132 Å². The van der Waals surface area contributed by atoms with Crippen molar-refractivity contribution >= 4 is 16.9 Å². The summed E-state index contributed by atoms with van der Waals surface area (Å²) in [6, 6.07) is 13.2. The van der Waals surface area contributed by atoms with Crippen LogP contribution in [-0.4, -0.2) is 22.4 Å². The van der Waals surface area contributed by atoms with Gasteiger partial charge in [-0.3, -0.25) is 4.68 Å². The molecule has 0 aliphatic carbocycles. The fourth-order valence-electron chi connectivity index (χ4n) is 2.34. The number of furan rings is 1. The maximum atomic E-state index is 12.0. The van der Waals surface area contributed by atoms with E-state index in [-0.39, 0.29) is 13.0 Å².